The van der Waals surface area contributed by atoms with Gasteiger partial charge in [-0.1, -0.05) is 6.92 Å². The maximum atomic E-state index is 6.21. The van der Waals surface area contributed by atoms with Crippen LogP contribution in [0.2, 0.25) is 0 Å². The van der Waals surface area contributed by atoms with E-state index in [1.807, 2.05) is 17.0 Å². The highest BCUT2D eigenvalue weighted by molar-refractivity contribution is 5.96. The third-order valence-corrected chi connectivity index (χ3v) is 3.34. The van der Waals surface area contributed by atoms with Crippen LogP contribution in [0.5, 0.6) is 0 Å². The number of pyridine rings is 1. The fourth-order valence-electron chi connectivity index (χ4n) is 1.85. The monoisotopic (exact) mass is 356 g/mol. The predicted molar refractivity (Wildman–Crippen MR) is 98.9 cm³/mol. The molecule has 0 bridgehead atoms. The molecule has 0 aliphatic heterocycles. The molecule has 8 heteroatoms. The van der Waals surface area contributed by atoms with E-state index in [0.29, 0.717) is 17.6 Å². The van der Waals surface area contributed by atoms with Gasteiger partial charge in [0, 0.05) is 24.1 Å². The first kappa shape index (κ1) is 21.1. The predicted octanol–water partition coefficient (Wildman–Crippen LogP) is 3.36. The van der Waals surface area contributed by atoms with Gasteiger partial charge in [0.1, 0.15) is 0 Å². The first-order valence-corrected chi connectivity index (χ1v) is 6.86. The van der Waals surface area contributed by atoms with Gasteiger partial charge in [0.25, 0.3) is 0 Å². The van der Waals surface area contributed by atoms with Crippen LogP contribution in [0.3, 0.4) is 0 Å². The van der Waals surface area contributed by atoms with E-state index in [4.69, 9.17) is 5.73 Å². The summed E-state index contributed by atoms with van der Waals surface area (Å²) in [5.74, 6) is 0.885. The van der Waals surface area contributed by atoms with Gasteiger partial charge in [-0.15, -0.1) is 24.8 Å². The second-order valence-corrected chi connectivity index (χ2v) is 5.23. The van der Waals surface area contributed by atoms with Crippen molar-refractivity contribution in [2.24, 2.45) is 10.7 Å². The number of rotatable bonds is 4. The van der Waals surface area contributed by atoms with Crippen LogP contribution in [0.1, 0.15) is 27.2 Å². The number of nitrogens with zero attached hydrogens (tertiary/aromatic N) is 5. The summed E-state index contributed by atoms with van der Waals surface area (Å²) >= 11 is 0. The lowest BCUT2D eigenvalue weighted by Crippen LogP contribution is -2.52. The first-order chi connectivity index (χ1) is 10.0. The molecule has 0 aromatic carbocycles. The highest BCUT2D eigenvalue weighted by atomic mass is 35.5. The maximum absolute atomic E-state index is 6.21. The highest BCUT2D eigenvalue weighted by Crippen LogP contribution is 2.23. The van der Waals surface area contributed by atoms with E-state index < -0.39 is 0 Å². The number of anilines is 1. The van der Waals surface area contributed by atoms with Crippen molar-refractivity contribution in [2.45, 2.75) is 32.7 Å². The van der Waals surface area contributed by atoms with Gasteiger partial charge in [-0.25, -0.2) is 15.0 Å². The van der Waals surface area contributed by atoms with Crippen LogP contribution in [0, 0.1) is 0 Å². The van der Waals surface area contributed by atoms with Crippen molar-refractivity contribution in [3.05, 3.63) is 43.0 Å². The van der Waals surface area contributed by atoms with Crippen molar-refractivity contribution in [3.8, 4) is 0 Å². The van der Waals surface area contributed by atoms with E-state index in [0.717, 1.165) is 6.42 Å². The summed E-state index contributed by atoms with van der Waals surface area (Å²) < 4.78 is 0. The average Bonchev–Trinajstić information content (AvgIpc) is 2.49. The maximum Gasteiger partial charge on any atom is 0.232 e. The SMILES string of the molecule is CCC(C)(C)N(C(N)=Nc1cccnc1)c1ncccn1.Cl.Cl. The van der Waals surface area contributed by atoms with Crippen molar-refractivity contribution in [1.82, 2.24) is 15.0 Å². The zero-order valence-electron chi connectivity index (χ0n) is 13.4. The van der Waals surface area contributed by atoms with Gasteiger partial charge >= 0.3 is 0 Å². The molecule has 2 heterocycles. The summed E-state index contributed by atoms with van der Waals surface area (Å²) in [7, 11) is 0. The number of halogens is 2. The average molecular weight is 357 g/mol. The van der Waals surface area contributed by atoms with Crippen LogP contribution in [0.4, 0.5) is 11.6 Å². The number of aliphatic imine (C=N–C) groups is 1. The van der Waals surface area contributed by atoms with Gasteiger partial charge < -0.3 is 5.73 Å². The fraction of sp³-hybridized carbons (Fsp3) is 0.333. The summed E-state index contributed by atoms with van der Waals surface area (Å²) in [4.78, 5) is 18.9. The molecule has 6 nitrogen and oxygen atoms in total. The second kappa shape index (κ2) is 9.27. The van der Waals surface area contributed by atoms with Gasteiger partial charge in [0.05, 0.1) is 11.9 Å². The van der Waals surface area contributed by atoms with Crippen LogP contribution in [-0.4, -0.2) is 26.5 Å². The van der Waals surface area contributed by atoms with Crippen LogP contribution in [0.15, 0.2) is 48.0 Å². The number of nitrogens with two attached hydrogens (primary N) is 1. The van der Waals surface area contributed by atoms with Crippen LogP contribution >= 0.6 is 24.8 Å². The van der Waals surface area contributed by atoms with E-state index in [1.54, 1.807) is 30.9 Å². The molecule has 2 aromatic heterocycles. The number of guanidine groups is 1. The molecular formula is C15H22Cl2N6. The smallest absolute Gasteiger partial charge is 0.232 e. The zero-order chi connectivity index (χ0) is 15.3. The Kier molecular flexibility index (Phi) is 8.50. The number of hydrogen-bond acceptors (Lipinski definition) is 4. The van der Waals surface area contributed by atoms with E-state index in [2.05, 4.69) is 40.7 Å². The Bertz CT molecular complexity index is 604. The fourth-order valence-corrected chi connectivity index (χ4v) is 1.85. The molecule has 0 aliphatic rings. The molecule has 0 amide bonds. The standard InChI is InChI=1S/C15H20N6.2ClH/c1-4-15(2,3)21(14-18-9-6-10-19-14)13(16)20-12-7-5-8-17-11-12;;/h5-11H,4H2,1-3H3,(H2,16,20);2*1H. The van der Waals surface area contributed by atoms with E-state index in [9.17, 15) is 0 Å². The van der Waals surface area contributed by atoms with Crippen molar-refractivity contribution in [2.75, 3.05) is 4.90 Å². The Labute approximate surface area is 149 Å². The molecule has 0 unspecified atom stereocenters. The van der Waals surface area contributed by atoms with Crippen molar-refractivity contribution < 1.29 is 0 Å². The van der Waals surface area contributed by atoms with E-state index in [-0.39, 0.29) is 30.4 Å². The van der Waals surface area contributed by atoms with Crippen LogP contribution in [-0.2, 0) is 0 Å². The molecule has 2 aromatic rings. The summed E-state index contributed by atoms with van der Waals surface area (Å²) in [6, 6.07) is 5.44. The molecule has 0 spiro atoms. The molecule has 0 radical (unpaired) electrons. The third kappa shape index (κ3) is 5.33. The number of hydrogen-bond donors (Lipinski definition) is 1. The summed E-state index contributed by atoms with van der Waals surface area (Å²) in [6.07, 6.45) is 7.62. The molecule has 2 rings (SSSR count). The molecule has 23 heavy (non-hydrogen) atoms. The molecule has 0 saturated carbocycles. The zero-order valence-corrected chi connectivity index (χ0v) is 15.0. The van der Waals surface area contributed by atoms with Crippen LogP contribution < -0.4 is 10.6 Å². The lowest BCUT2D eigenvalue weighted by Gasteiger charge is -2.36. The molecule has 0 fully saturated rings. The second-order valence-electron chi connectivity index (χ2n) is 5.23. The Morgan fingerprint density at radius 1 is 1.17 bits per heavy atom. The van der Waals surface area contributed by atoms with Gasteiger partial charge in [-0.3, -0.25) is 9.88 Å². The molecule has 0 saturated heterocycles. The lowest BCUT2D eigenvalue weighted by molar-refractivity contribution is 0.488. The Hall–Kier alpha value is -1.92. The van der Waals surface area contributed by atoms with Crippen molar-refractivity contribution >= 4 is 42.4 Å². The summed E-state index contributed by atoms with van der Waals surface area (Å²) in [6.45, 7) is 6.25. The van der Waals surface area contributed by atoms with Crippen molar-refractivity contribution in [3.63, 3.8) is 0 Å². The summed E-state index contributed by atoms with van der Waals surface area (Å²) in [5.41, 5.74) is 6.66. The molecule has 0 atom stereocenters. The van der Waals surface area contributed by atoms with Gasteiger partial charge in [-0.2, -0.15) is 0 Å². The molecule has 0 aliphatic carbocycles. The summed E-state index contributed by atoms with van der Waals surface area (Å²) in [5, 5.41) is 0. The largest absolute Gasteiger partial charge is 0.369 e. The minimum atomic E-state index is -0.253. The Morgan fingerprint density at radius 2 is 1.83 bits per heavy atom. The van der Waals surface area contributed by atoms with Crippen LogP contribution in [0.25, 0.3) is 0 Å². The molecule has 2 N–H and O–H groups in total. The third-order valence-electron chi connectivity index (χ3n) is 3.34. The first-order valence-electron chi connectivity index (χ1n) is 6.86. The minimum absolute atomic E-state index is 0. The topological polar surface area (TPSA) is 80.3 Å². The Balaban J connectivity index is 0.00000242. The molecule has 126 valence electrons. The van der Waals surface area contributed by atoms with Gasteiger partial charge in [0.15, 0.2) is 0 Å². The normalized spacial score (nSPS) is 11.2. The van der Waals surface area contributed by atoms with Gasteiger partial charge in [0.2, 0.25) is 11.9 Å². The van der Waals surface area contributed by atoms with E-state index in [1.165, 1.54) is 0 Å². The van der Waals surface area contributed by atoms with E-state index >= 15 is 0 Å². The quantitative estimate of drug-likeness (QED) is 0.670. The number of aromatic nitrogens is 3. The van der Waals surface area contributed by atoms with Crippen molar-refractivity contribution in [1.29, 1.82) is 0 Å². The highest BCUT2D eigenvalue weighted by Gasteiger charge is 2.30. The minimum Gasteiger partial charge on any atom is -0.369 e. The Morgan fingerprint density at radius 3 is 2.35 bits per heavy atom. The molecular weight excluding hydrogens is 335 g/mol. The van der Waals surface area contributed by atoms with Gasteiger partial charge in [-0.05, 0) is 38.5 Å². The lowest BCUT2D eigenvalue weighted by atomic mass is 10.00.